The van der Waals surface area contributed by atoms with E-state index in [-0.39, 0.29) is 17.5 Å². The Balaban J connectivity index is 1.56. The van der Waals surface area contributed by atoms with Crippen LogP contribution in [0.1, 0.15) is 53.9 Å². The predicted molar refractivity (Wildman–Crippen MR) is 142 cm³/mol. The van der Waals surface area contributed by atoms with E-state index in [9.17, 15) is 9.18 Å². The maximum absolute atomic E-state index is 13.7. The van der Waals surface area contributed by atoms with Crippen LogP contribution in [0.2, 0.25) is 0 Å². The molecule has 2 aromatic carbocycles. The number of nitrogens with one attached hydrogen (secondary N) is 2. The molecule has 0 saturated heterocycles. The smallest absolute Gasteiger partial charge is 0.272 e. The van der Waals surface area contributed by atoms with Gasteiger partial charge in [-0.05, 0) is 67.9 Å². The molecule has 0 saturated carbocycles. The van der Waals surface area contributed by atoms with Crippen LogP contribution in [0.5, 0.6) is 0 Å². The van der Waals surface area contributed by atoms with Gasteiger partial charge in [-0.25, -0.2) is 13.5 Å². The van der Waals surface area contributed by atoms with Crippen LogP contribution in [-0.2, 0) is 30.8 Å². The van der Waals surface area contributed by atoms with Gasteiger partial charge >= 0.3 is 0 Å². The summed E-state index contributed by atoms with van der Waals surface area (Å²) in [5.74, 6) is -0.428. The van der Waals surface area contributed by atoms with Crippen molar-refractivity contribution in [3.63, 3.8) is 0 Å². The van der Waals surface area contributed by atoms with E-state index in [1.54, 1.807) is 0 Å². The molecule has 1 amide bonds. The first-order valence-electron chi connectivity index (χ1n) is 12.3. The molecule has 0 fully saturated rings. The third-order valence-corrected chi connectivity index (χ3v) is 8.47. The third-order valence-electron chi connectivity index (χ3n) is 6.66. The van der Waals surface area contributed by atoms with Crippen molar-refractivity contribution in [1.29, 1.82) is 5.26 Å². The molecule has 2 heterocycles. The Labute approximate surface area is 214 Å². The number of nitriles is 1. The van der Waals surface area contributed by atoms with Gasteiger partial charge in [0.1, 0.15) is 17.6 Å². The number of aryl methyl sites for hydroxylation is 2. The molecule has 0 aliphatic carbocycles. The summed E-state index contributed by atoms with van der Waals surface area (Å²) in [6, 6.07) is 16.7. The zero-order chi connectivity index (χ0) is 25.7. The summed E-state index contributed by atoms with van der Waals surface area (Å²) in [7, 11) is 1.35. The Kier molecular flexibility index (Phi) is 8.34. The van der Waals surface area contributed by atoms with Gasteiger partial charge in [0.15, 0.2) is 0 Å². The van der Waals surface area contributed by atoms with Gasteiger partial charge in [0.25, 0.3) is 5.91 Å². The van der Waals surface area contributed by atoms with Gasteiger partial charge in [-0.1, -0.05) is 37.3 Å². The molecule has 188 valence electrons. The quantitative estimate of drug-likeness (QED) is 0.441. The highest BCUT2D eigenvalue weighted by Gasteiger charge is 2.29. The van der Waals surface area contributed by atoms with Crippen LogP contribution in [0.4, 0.5) is 10.1 Å². The second-order valence-electron chi connectivity index (χ2n) is 9.19. The Morgan fingerprint density at radius 2 is 2.11 bits per heavy atom. The first kappa shape index (κ1) is 25.8. The number of benzene rings is 2. The van der Waals surface area contributed by atoms with E-state index in [0.29, 0.717) is 23.8 Å². The van der Waals surface area contributed by atoms with E-state index in [2.05, 4.69) is 41.2 Å². The van der Waals surface area contributed by atoms with Gasteiger partial charge in [-0.15, -0.1) is 0 Å². The van der Waals surface area contributed by atoms with Gasteiger partial charge in [0.05, 0.1) is 10.5 Å². The van der Waals surface area contributed by atoms with Gasteiger partial charge in [-0.3, -0.25) is 4.79 Å². The van der Waals surface area contributed by atoms with Crippen molar-refractivity contribution in [2.45, 2.75) is 50.5 Å². The number of hydrogen-bond donors (Lipinski definition) is 2. The molecule has 0 spiro atoms. The van der Waals surface area contributed by atoms with Crippen molar-refractivity contribution in [3.05, 3.63) is 82.9 Å². The summed E-state index contributed by atoms with van der Waals surface area (Å²) in [6.45, 7) is 5.01. The standard InChI is InChI=1S/C28H32FN5OS/c1-4-31-36-26-18-34(3)27(28(35)32-22-12-14-24(29)21(16-22)17-30)23(26)13-15-25(33-36)19(2)10-11-20-8-6-5-7-9-20/h5-9,12,14,16,18-19,25H,4,10-11,13,15H2,1-3H3,(H,31,33)(H,32,35). The minimum Gasteiger partial charge on any atom is -0.345 e. The van der Waals surface area contributed by atoms with Crippen LogP contribution < -0.4 is 10.0 Å². The molecule has 3 aromatic rings. The van der Waals surface area contributed by atoms with Gasteiger partial charge in [0, 0.05) is 42.4 Å². The van der Waals surface area contributed by atoms with Crippen molar-refractivity contribution < 1.29 is 9.18 Å². The number of amides is 1. The lowest BCUT2D eigenvalue weighted by Gasteiger charge is -2.24. The largest absolute Gasteiger partial charge is 0.345 e. The molecule has 0 bridgehead atoms. The van der Waals surface area contributed by atoms with Crippen LogP contribution in [-0.4, -0.2) is 23.1 Å². The first-order valence-corrected chi connectivity index (χ1v) is 13.5. The highest BCUT2D eigenvalue weighted by molar-refractivity contribution is 7.85. The highest BCUT2D eigenvalue weighted by Crippen LogP contribution is 2.30. The van der Waals surface area contributed by atoms with E-state index in [1.165, 1.54) is 23.8 Å². The van der Waals surface area contributed by atoms with E-state index >= 15 is 0 Å². The maximum atomic E-state index is 13.7. The summed E-state index contributed by atoms with van der Waals surface area (Å²) in [6.07, 6.45) is 5.78. The lowest BCUT2D eigenvalue weighted by atomic mass is 9.91. The normalized spacial score (nSPS) is 18.2. The van der Waals surface area contributed by atoms with Gasteiger partial charge in [0.2, 0.25) is 0 Å². The van der Waals surface area contributed by atoms with Crippen molar-refractivity contribution in [2.24, 2.45) is 17.3 Å². The number of hydrogen-bond acceptors (Lipinski definition) is 3. The van der Waals surface area contributed by atoms with E-state index in [4.69, 9.17) is 9.62 Å². The summed E-state index contributed by atoms with van der Waals surface area (Å²) in [5, 5.41) is 12.0. The number of rotatable bonds is 7. The Morgan fingerprint density at radius 1 is 1.33 bits per heavy atom. The number of halogens is 1. The maximum Gasteiger partial charge on any atom is 0.272 e. The Hall–Kier alpha value is -3.28. The SMILES string of the molecule is CC/N=S1/NC(C(C)CCc2ccccc2)CCc2c1cn(C)c2C(=O)Nc1ccc(F)c(C#N)c1. The van der Waals surface area contributed by atoms with Crippen molar-refractivity contribution >= 4 is 22.5 Å². The molecule has 2 N–H and O–H groups in total. The van der Waals surface area contributed by atoms with Gasteiger partial charge in [-0.2, -0.15) is 5.26 Å². The zero-order valence-electron chi connectivity index (χ0n) is 20.9. The first-order chi connectivity index (χ1) is 17.4. The number of carbonyl (C=O) groups is 1. The number of fused-ring (bicyclic) bond motifs is 1. The molecule has 3 unspecified atom stereocenters. The van der Waals surface area contributed by atoms with Crippen molar-refractivity contribution in [3.8, 4) is 6.07 Å². The zero-order valence-corrected chi connectivity index (χ0v) is 21.7. The second-order valence-corrected chi connectivity index (χ2v) is 10.7. The fourth-order valence-corrected chi connectivity index (χ4v) is 6.60. The van der Waals surface area contributed by atoms with Crippen LogP contribution >= 0.6 is 0 Å². The van der Waals surface area contributed by atoms with E-state index < -0.39 is 16.7 Å². The highest BCUT2D eigenvalue weighted by atomic mass is 32.2. The summed E-state index contributed by atoms with van der Waals surface area (Å²) < 4.78 is 24.2. The molecular formula is C28H32FN5OS. The van der Waals surface area contributed by atoms with E-state index in [0.717, 1.165) is 36.1 Å². The van der Waals surface area contributed by atoms with Crippen LogP contribution in [0.15, 0.2) is 64.0 Å². The van der Waals surface area contributed by atoms with Crippen LogP contribution in [0.25, 0.3) is 0 Å². The number of aromatic nitrogens is 1. The summed E-state index contributed by atoms with van der Waals surface area (Å²) in [4.78, 5) is 14.4. The third kappa shape index (κ3) is 5.75. The minimum atomic E-state index is -0.605. The average Bonchev–Trinajstić information content (AvgIpc) is 3.12. The molecule has 6 nitrogen and oxygen atoms in total. The lowest BCUT2D eigenvalue weighted by molar-refractivity contribution is 0.101. The molecule has 1 aliphatic heterocycles. The molecule has 3 atom stereocenters. The van der Waals surface area contributed by atoms with Crippen molar-refractivity contribution in [1.82, 2.24) is 9.29 Å². The second kappa shape index (κ2) is 11.6. The number of anilines is 1. The Morgan fingerprint density at radius 3 is 2.83 bits per heavy atom. The van der Waals surface area contributed by atoms with Crippen LogP contribution in [0.3, 0.4) is 0 Å². The van der Waals surface area contributed by atoms with Crippen molar-refractivity contribution in [2.75, 3.05) is 11.9 Å². The molecular weight excluding hydrogens is 473 g/mol. The fourth-order valence-electron chi connectivity index (χ4n) is 4.67. The number of nitrogens with zero attached hydrogens (tertiary/aromatic N) is 3. The Bertz CT molecular complexity index is 1310. The van der Waals surface area contributed by atoms with Gasteiger partial charge < -0.3 is 9.88 Å². The fraction of sp³-hybridized carbons (Fsp3) is 0.357. The lowest BCUT2D eigenvalue weighted by Crippen LogP contribution is -2.35. The van der Waals surface area contributed by atoms with Crippen LogP contribution in [0, 0.1) is 23.1 Å². The molecule has 4 rings (SSSR count). The molecule has 8 heteroatoms. The minimum absolute atomic E-state index is 0.0988. The molecule has 1 aromatic heterocycles. The van der Waals surface area contributed by atoms with E-state index in [1.807, 2.05) is 36.9 Å². The molecule has 1 aliphatic rings. The monoisotopic (exact) mass is 505 g/mol. The topological polar surface area (TPSA) is 82.2 Å². The average molecular weight is 506 g/mol. The summed E-state index contributed by atoms with van der Waals surface area (Å²) >= 11 is 0. The number of carbonyl (C=O) groups excluding carboxylic acids is 1. The molecule has 36 heavy (non-hydrogen) atoms. The predicted octanol–water partition coefficient (Wildman–Crippen LogP) is 5.56. The molecule has 0 radical (unpaired) electrons. The summed E-state index contributed by atoms with van der Waals surface area (Å²) in [5.41, 5.74) is 3.22.